The summed E-state index contributed by atoms with van der Waals surface area (Å²) < 4.78 is 12.2. The van der Waals surface area contributed by atoms with Crippen LogP contribution in [0.1, 0.15) is 25.1 Å². The number of rotatable bonds is 7. The first kappa shape index (κ1) is 19.0. The molecule has 1 aliphatic rings. The van der Waals surface area contributed by atoms with Gasteiger partial charge in [-0.3, -0.25) is 4.79 Å². The monoisotopic (exact) mass is 396 g/mol. The fourth-order valence-electron chi connectivity index (χ4n) is 3.44. The summed E-state index contributed by atoms with van der Waals surface area (Å²) in [6.45, 7) is 2.03. The van der Waals surface area contributed by atoms with Crippen molar-refractivity contribution in [2.24, 2.45) is 0 Å². The predicted molar refractivity (Wildman–Crippen MR) is 109 cm³/mol. The van der Waals surface area contributed by atoms with Gasteiger partial charge in [0, 0.05) is 32.0 Å². The molecule has 4 rings (SSSR count). The number of benzene rings is 1. The Balaban J connectivity index is 1.45. The Bertz CT molecular complexity index is 1010. The lowest BCUT2D eigenvalue weighted by Gasteiger charge is -2.15. The molecule has 9 nitrogen and oxygen atoms in total. The second-order valence-corrected chi connectivity index (χ2v) is 6.89. The molecule has 9 heteroatoms. The fourth-order valence-corrected chi connectivity index (χ4v) is 3.44. The summed E-state index contributed by atoms with van der Waals surface area (Å²) in [5.41, 5.74) is 1.25. The topological polar surface area (TPSA) is 93.9 Å². The van der Waals surface area contributed by atoms with Gasteiger partial charge in [0.1, 0.15) is 17.3 Å². The molecule has 1 N–H and O–H groups in total. The van der Waals surface area contributed by atoms with Gasteiger partial charge in [0.15, 0.2) is 11.5 Å². The van der Waals surface area contributed by atoms with Gasteiger partial charge in [-0.1, -0.05) is 0 Å². The minimum absolute atomic E-state index is 0.149. The van der Waals surface area contributed by atoms with E-state index < -0.39 is 0 Å². The Morgan fingerprint density at radius 3 is 2.69 bits per heavy atom. The smallest absolute Gasteiger partial charge is 0.224 e. The maximum atomic E-state index is 12.5. The lowest BCUT2D eigenvalue weighted by atomic mass is 10.2. The van der Waals surface area contributed by atoms with E-state index in [9.17, 15) is 4.79 Å². The molecule has 0 unspecified atom stereocenters. The van der Waals surface area contributed by atoms with Gasteiger partial charge in [-0.25, -0.2) is 0 Å². The Labute approximate surface area is 168 Å². The maximum absolute atomic E-state index is 12.5. The van der Waals surface area contributed by atoms with Crippen LogP contribution in [0.25, 0.3) is 5.65 Å². The van der Waals surface area contributed by atoms with Crippen molar-refractivity contribution >= 4 is 23.1 Å². The number of aromatic nitrogens is 4. The first-order valence-electron chi connectivity index (χ1n) is 9.66. The number of fused-ring (bicyclic) bond motifs is 1. The van der Waals surface area contributed by atoms with Gasteiger partial charge in [-0.2, -0.15) is 4.52 Å². The molecular formula is C20H24N6O3. The lowest BCUT2D eigenvalue weighted by Crippen LogP contribution is -2.20. The van der Waals surface area contributed by atoms with E-state index in [-0.39, 0.29) is 12.3 Å². The summed E-state index contributed by atoms with van der Waals surface area (Å²) in [7, 11) is 3.14. The average Bonchev–Trinajstić information content (AvgIpc) is 3.42. The summed E-state index contributed by atoms with van der Waals surface area (Å²) in [6.07, 6.45) is 3.04. The van der Waals surface area contributed by atoms with Crippen molar-refractivity contribution in [3.8, 4) is 11.5 Å². The molecule has 0 atom stereocenters. The van der Waals surface area contributed by atoms with Crippen molar-refractivity contribution in [3.05, 3.63) is 36.2 Å². The summed E-state index contributed by atoms with van der Waals surface area (Å²) in [6, 6.07) is 9.15. The number of aryl methyl sites for hydroxylation is 1. The molecule has 0 radical (unpaired) electrons. The van der Waals surface area contributed by atoms with Gasteiger partial charge >= 0.3 is 0 Å². The number of ether oxygens (including phenoxy) is 2. The SMILES string of the molecule is COc1ccc(OC)c(NC(=O)CCc2nnc3ccc(N4CCCC4)nn23)c1. The highest BCUT2D eigenvalue weighted by Crippen LogP contribution is 2.29. The van der Waals surface area contributed by atoms with Gasteiger partial charge in [0.05, 0.1) is 19.9 Å². The molecule has 1 aromatic carbocycles. The first-order valence-corrected chi connectivity index (χ1v) is 9.66. The Morgan fingerprint density at radius 1 is 1.10 bits per heavy atom. The molecule has 1 saturated heterocycles. The third-order valence-corrected chi connectivity index (χ3v) is 5.00. The van der Waals surface area contributed by atoms with Crippen LogP contribution >= 0.6 is 0 Å². The first-order chi connectivity index (χ1) is 14.2. The summed E-state index contributed by atoms with van der Waals surface area (Å²) in [5.74, 6) is 2.65. The molecule has 152 valence electrons. The third kappa shape index (κ3) is 4.08. The van der Waals surface area contributed by atoms with Crippen LogP contribution < -0.4 is 19.7 Å². The molecule has 0 aliphatic carbocycles. The minimum atomic E-state index is -0.149. The average molecular weight is 396 g/mol. The van der Waals surface area contributed by atoms with E-state index in [1.54, 1.807) is 36.9 Å². The second-order valence-electron chi connectivity index (χ2n) is 6.89. The van der Waals surface area contributed by atoms with Crippen molar-refractivity contribution in [3.63, 3.8) is 0 Å². The van der Waals surface area contributed by atoms with Gasteiger partial charge < -0.3 is 19.7 Å². The largest absolute Gasteiger partial charge is 0.497 e. The van der Waals surface area contributed by atoms with Crippen LogP contribution in [0.5, 0.6) is 11.5 Å². The molecular weight excluding hydrogens is 372 g/mol. The highest BCUT2D eigenvalue weighted by molar-refractivity contribution is 5.92. The van der Waals surface area contributed by atoms with Crippen LogP contribution in [0.4, 0.5) is 11.5 Å². The van der Waals surface area contributed by atoms with Crippen LogP contribution in [0.3, 0.4) is 0 Å². The molecule has 1 aliphatic heterocycles. The zero-order chi connectivity index (χ0) is 20.2. The number of carbonyl (C=O) groups excluding carboxylic acids is 1. The number of hydrogen-bond donors (Lipinski definition) is 1. The zero-order valence-corrected chi connectivity index (χ0v) is 16.6. The number of carbonyl (C=O) groups is 1. The van der Waals surface area contributed by atoms with Crippen molar-refractivity contribution in [1.29, 1.82) is 0 Å². The quantitative estimate of drug-likeness (QED) is 0.655. The number of hydrogen-bond acceptors (Lipinski definition) is 7. The van der Waals surface area contributed by atoms with Crippen LogP contribution in [-0.4, -0.2) is 53.0 Å². The fraction of sp³-hybridized carbons (Fsp3) is 0.400. The standard InChI is InChI=1S/C20H24N6O3/c1-28-14-5-6-16(29-2)15(13-14)21-20(27)10-9-18-23-22-17-7-8-19(24-26(17)18)25-11-3-4-12-25/h5-8,13H,3-4,9-12H2,1-2H3,(H,21,27). The van der Waals surface area contributed by atoms with Crippen molar-refractivity contribution in [2.75, 3.05) is 37.5 Å². The summed E-state index contributed by atoms with van der Waals surface area (Å²) in [5, 5.41) is 15.9. The number of anilines is 2. The van der Waals surface area contributed by atoms with E-state index in [2.05, 4.69) is 25.5 Å². The maximum Gasteiger partial charge on any atom is 0.224 e. The number of nitrogens with zero attached hydrogens (tertiary/aromatic N) is 5. The molecule has 1 fully saturated rings. The lowest BCUT2D eigenvalue weighted by molar-refractivity contribution is -0.116. The Kier molecular flexibility index (Phi) is 5.46. The number of amides is 1. The van der Waals surface area contributed by atoms with E-state index in [4.69, 9.17) is 9.47 Å². The second kappa shape index (κ2) is 8.34. The van der Waals surface area contributed by atoms with E-state index in [1.807, 2.05) is 12.1 Å². The van der Waals surface area contributed by atoms with Crippen molar-refractivity contribution < 1.29 is 14.3 Å². The van der Waals surface area contributed by atoms with Crippen LogP contribution in [0, 0.1) is 0 Å². The predicted octanol–water partition coefficient (Wildman–Crippen LogP) is 2.31. The Morgan fingerprint density at radius 2 is 1.93 bits per heavy atom. The van der Waals surface area contributed by atoms with Gasteiger partial charge in [-0.15, -0.1) is 15.3 Å². The minimum Gasteiger partial charge on any atom is -0.497 e. The van der Waals surface area contributed by atoms with Gasteiger partial charge in [0.2, 0.25) is 5.91 Å². The molecule has 0 bridgehead atoms. The van der Waals surface area contributed by atoms with Crippen LogP contribution in [-0.2, 0) is 11.2 Å². The summed E-state index contributed by atoms with van der Waals surface area (Å²) >= 11 is 0. The van der Waals surface area contributed by atoms with E-state index >= 15 is 0 Å². The third-order valence-electron chi connectivity index (χ3n) is 5.00. The number of nitrogens with one attached hydrogen (secondary N) is 1. The highest BCUT2D eigenvalue weighted by atomic mass is 16.5. The molecule has 3 heterocycles. The van der Waals surface area contributed by atoms with Gasteiger partial charge in [0.25, 0.3) is 0 Å². The highest BCUT2D eigenvalue weighted by Gasteiger charge is 2.16. The molecule has 0 spiro atoms. The van der Waals surface area contributed by atoms with E-state index in [0.29, 0.717) is 35.1 Å². The van der Waals surface area contributed by atoms with E-state index in [1.165, 1.54) is 12.8 Å². The van der Waals surface area contributed by atoms with E-state index in [0.717, 1.165) is 18.9 Å². The normalized spacial score (nSPS) is 13.7. The zero-order valence-electron chi connectivity index (χ0n) is 16.6. The molecule has 2 aromatic heterocycles. The summed E-state index contributed by atoms with van der Waals surface area (Å²) in [4.78, 5) is 14.7. The van der Waals surface area contributed by atoms with Crippen LogP contribution in [0.15, 0.2) is 30.3 Å². The Hall–Kier alpha value is -3.36. The van der Waals surface area contributed by atoms with Gasteiger partial charge in [-0.05, 0) is 37.1 Å². The molecule has 29 heavy (non-hydrogen) atoms. The van der Waals surface area contributed by atoms with Crippen molar-refractivity contribution in [1.82, 2.24) is 19.8 Å². The molecule has 3 aromatic rings. The molecule has 1 amide bonds. The van der Waals surface area contributed by atoms with Crippen molar-refractivity contribution in [2.45, 2.75) is 25.7 Å². The molecule has 0 saturated carbocycles. The van der Waals surface area contributed by atoms with Crippen LogP contribution in [0.2, 0.25) is 0 Å². The number of methoxy groups -OCH3 is 2.